The summed E-state index contributed by atoms with van der Waals surface area (Å²) < 4.78 is 15.8. The standard InChI is InChI=1S/C22H31N3O3/c1-23-22(24-14-5-6-17-7-10-19(26-2)11-8-17)25-15-13-18-9-12-20(27-3)21(16-18)28-4/h7-12,16H,5-6,13-15H2,1-4H3,(H2,23,24,25). The number of hydrogen-bond acceptors (Lipinski definition) is 4. The van der Waals surface area contributed by atoms with E-state index in [4.69, 9.17) is 14.2 Å². The summed E-state index contributed by atoms with van der Waals surface area (Å²) in [4.78, 5) is 4.28. The fourth-order valence-electron chi connectivity index (χ4n) is 2.87. The molecule has 0 radical (unpaired) electrons. The average molecular weight is 386 g/mol. The van der Waals surface area contributed by atoms with Crippen LogP contribution in [-0.4, -0.2) is 47.4 Å². The van der Waals surface area contributed by atoms with Gasteiger partial charge >= 0.3 is 0 Å². The van der Waals surface area contributed by atoms with E-state index in [9.17, 15) is 0 Å². The molecule has 2 aromatic carbocycles. The first-order chi connectivity index (χ1) is 13.7. The van der Waals surface area contributed by atoms with E-state index in [-0.39, 0.29) is 0 Å². The molecule has 0 saturated carbocycles. The molecule has 0 heterocycles. The summed E-state index contributed by atoms with van der Waals surface area (Å²) in [7, 11) is 6.76. The molecule has 152 valence electrons. The zero-order chi connectivity index (χ0) is 20.2. The number of nitrogens with zero attached hydrogens (tertiary/aromatic N) is 1. The summed E-state index contributed by atoms with van der Waals surface area (Å²) in [5.74, 6) is 3.20. The molecule has 0 aromatic heterocycles. The van der Waals surface area contributed by atoms with Gasteiger partial charge in [0.05, 0.1) is 21.3 Å². The van der Waals surface area contributed by atoms with Gasteiger partial charge in [-0.1, -0.05) is 18.2 Å². The maximum Gasteiger partial charge on any atom is 0.190 e. The summed E-state index contributed by atoms with van der Waals surface area (Å²) >= 11 is 0. The van der Waals surface area contributed by atoms with Gasteiger partial charge in [-0.3, -0.25) is 4.99 Å². The van der Waals surface area contributed by atoms with Crippen molar-refractivity contribution in [3.05, 3.63) is 53.6 Å². The second-order valence-corrected chi connectivity index (χ2v) is 6.32. The van der Waals surface area contributed by atoms with Crippen LogP contribution in [0.25, 0.3) is 0 Å². The van der Waals surface area contributed by atoms with Gasteiger partial charge in [0.25, 0.3) is 0 Å². The van der Waals surface area contributed by atoms with Crippen LogP contribution in [-0.2, 0) is 12.8 Å². The number of rotatable bonds is 10. The monoisotopic (exact) mass is 385 g/mol. The lowest BCUT2D eigenvalue weighted by atomic mass is 10.1. The summed E-state index contributed by atoms with van der Waals surface area (Å²) in [5.41, 5.74) is 2.49. The smallest absolute Gasteiger partial charge is 0.190 e. The van der Waals surface area contributed by atoms with Gasteiger partial charge < -0.3 is 24.8 Å². The number of methoxy groups -OCH3 is 3. The Hall–Kier alpha value is -2.89. The lowest BCUT2D eigenvalue weighted by molar-refractivity contribution is 0.354. The van der Waals surface area contributed by atoms with Gasteiger partial charge in [0, 0.05) is 20.1 Å². The van der Waals surface area contributed by atoms with E-state index in [0.717, 1.165) is 55.6 Å². The zero-order valence-electron chi connectivity index (χ0n) is 17.2. The van der Waals surface area contributed by atoms with E-state index >= 15 is 0 Å². The van der Waals surface area contributed by atoms with E-state index in [1.165, 1.54) is 11.1 Å². The van der Waals surface area contributed by atoms with E-state index in [0.29, 0.717) is 0 Å². The number of guanidine groups is 1. The van der Waals surface area contributed by atoms with Crippen LogP contribution in [0.5, 0.6) is 17.2 Å². The Labute approximate surface area is 167 Å². The Bertz CT molecular complexity index is 745. The first-order valence-corrected chi connectivity index (χ1v) is 9.48. The largest absolute Gasteiger partial charge is 0.497 e. The molecule has 0 unspecified atom stereocenters. The van der Waals surface area contributed by atoms with Crippen molar-refractivity contribution in [3.8, 4) is 17.2 Å². The van der Waals surface area contributed by atoms with Gasteiger partial charge in [0.1, 0.15) is 5.75 Å². The minimum atomic E-state index is 0.744. The number of nitrogens with one attached hydrogen (secondary N) is 2. The molecule has 0 amide bonds. The molecule has 6 heteroatoms. The fraction of sp³-hybridized carbons (Fsp3) is 0.409. The number of ether oxygens (including phenoxy) is 3. The van der Waals surface area contributed by atoms with Crippen LogP contribution in [0.15, 0.2) is 47.5 Å². The van der Waals surface area contributed by atoms with Crippen LogP contribution < -0.4 is 24.8 Å². The molecule has 0 atom stereocenters. The van der Waals surface area contributed by atoms with E-state index in [1.54, 1.807) is 28.4 Å². The second-order valence-electron chi connectivity index (χ2n) is 6.32. The molecule has 2 rings (SSSR count). The van der Waals surface area contributed by atoms with Crippen LogP contribution in [0.3, 0.4) is 0 Å². The first kappa shape index (κ1) is 21.4. The van der Waals surface area contributed by atoms with Crippen molar-refractivity contribution in [2.45, 2.75) is 19.3 Å². The van der Waals surface area contributed by atoms with Crippen LogP contribution in [0.2, 0.25) is 0 Å². The molecule has 28 heavy (non-hydrogen) atoms. The molecule has 0 bridgehead atoms. The highest BCUT2D eigenvalue weighted by Crippen LogP contribution is 2.27. The van der Waals surface area contributed by atoms with Gasteiger partial charge in [-0.25, -0.2) is 0 Å². The van der Waals surface area contributed by atoms with Crippen LogP contribution in [0.4, 0.5) is 0 Å². The molecule has 0 fully saturated rings. The summed E-state index contributed by atoms with van der Waals surface area (Å²) in [6, 6.07) is 14.2. The summed E-state index contributed by atoms with van der Waals surface area (Å²) in [6.45, 7) is 1.65. The lowest BCUT2D eigenvalue weighted by Crippen LogP contribution is -2.38. The number of aliphatic imine (C=N–C) groups is 1. The molecule has 2 aromatic rings. The minimum absolute atomic E-state index is 0.744. The Morgan fingerprint density at radius 2 is 1.46 bits per heavy atom. The molecule has 2 N–H and O–H groups in total. The number of aryl methyl sites for hydroxylation is 1. The van der Waals surface area contributed by atoms with Crippen LogP contribution in [0.1, 0.15) is 17.5 Å². The molecule has 0 aliphatic heterocycles. The molecule has 6 nitrogen and oxygen atoms in total. The lowest BCUT2D eigenvalue weighted by Gasteiger charge is -2.13. The van der Waals surface area contributed by atoms with E-state index in [1.807, 2.05) is 30.3 Å². The molecule has 0 aliphatic rings. The van der Waals surface area contributed by atoms with E-state index < -0.39 is 0 Å². The molecule has 0 aliphatic carbocycles. The van der Waals surface area contributed by atoms with Gasteiger partial charge in [-0.2, -0.15) is 0 Å². The van der Waals surface area contributed by atoms with Crippen LogP contribution in [0, 0.1) is 0 Å². The highest BCUT2D eigenvalue weighted by molar-refractivity contribution is 5.79. The van der Waals surface area contributed by atoms with Crippen molar-refractivity contribution in [2.24, 2.45) is 4.99 Å². The topological polar surface area (TPSA) is 64.1 Å². The third-order valence-electron chi connectivity index (χ3n) is 4.47. The zero-order valence-corrected chi connectivity index (χ0v) is 17.2. The molecule has 0 saturated heterocycles. The van der Waals surface area contributed by atoms with Gasteiger partial charge in [-0.15, -0.1) is 0 Å². The third-order valence-corrected chi connectivity index (χ3v) is 4.47. The van der Waals surface area contributed by atoms with Gasteiger partial charge in [0.15, 0.2) is 17.5 Å². The predicted octanol–water partition coefficient (Wildman–Crippen LogP) is 3.05. The Balaban J connectivity index is 1.69. The SMILES string of the molecule is CN=C(NCCCc1ccc(OC)cc1)NCCc1ccc(OC)c(OC)c1. The van der Waals surface area contributed by atoms with Crippen molar-refractivity contribution >= 4 is 5.96 Å². The van der Waals surface area contributed by atoms with Crippen LogP contribution >= 0.6 is 0 Å². The van der Waals surface area contributed by atoms with Crippen molar-refractivity contribution in [2.75, 3.05) is 41.5 Å². The normalized spacial score (nSPS) is 11.1. The maximum absolute atomic E-state index is 5.35. The molecular weight excluding hydrogens is 354 g/mol. The number of benzene rings is 2. The summed E-state index contributed by atoms with van der Waals surface area (Å²) in [6.07, 6.45) is 2.91. The highest BCUT2D eigenvalue weighted by atomic mass is 16.5. The Kier molecular flexibility index (Phi) is 8.98. The molecular formula is C22H31N3O3. The minimum Gasteiger partial charge on any atom is -0.497 e. The maximum atomic E-state index is 5.35. The predicted molar refractivity (Wildman–Crippen MR) is 114 cm³/mol. The van der Waals surface area contributed by atoms with Crippen molar-refractivity contribution in [3.63, 3.8) is 0 Å². The van der Waals surface area contributed by atoms with Gasteiger partial charge in [0.2, 0.25) is 0 Å². The highest BCUT2D eigenvalue weighted by Gasteiger charge is 2.05. The Morgan fingerprint density at radius 3 is 2.11 bits per heavy atom. The fourth-order valence-corrected chi connectivity index (χ4v) is 2.87. The molecule has 0 spiro atoms. The second kappa shape index (κ2) is 11.7. The first-order valence-electron chi connectivity index (χ1n) is 9.48. The van der Waals surface area contributed by atoms with E-state index in [2.05, 4.69) is 27.8 Å². The third kappa shape index (κ3) is 6.68. The summed E-state index contributed by atoms with van der Waals surface area (Å²) in [5, 5.41) is 6.71. The van der Waals surface area contributed by atoms with Crippen molar-refractivity contribution in [1.82, 2.24) is 10.6 Å². The van der Waals surface area contributed by atoms with Crippen molar-refractivity contribution < 1.29 is 14.2 Å². The Morgan fingerprint density at radius 1 is 0.786 bits per heavy atom. The number of hydrogen-bond donors (Lipinski definition) is 2. The average Bonchev–Trinajstić information content (AvgIpc) is 2.75. The van der Waals surface area contributed by atoms with Gasteiger partial charge in [-0.05, 0) is 54.7 Å². The van der Waals surface area contributed by atoms with Crippen molar-refractivity contribution in [1.29, 1.82) is 0 Å². The quantitative estimate of drug-likeness (QED) is 0.374.